The molecule has 4 rings (SSSR count). The standard InChI is InChI=1S/C28H29NO8/c1-32-22-16-23-27(30)36-25(20-8-4-2-5-9-20)18-34-14-12-33-13-15-35-19-26(21-10-6-3-7-11-21)37-28(31)24(17-22)29-23/h2-11,16-17,25-26H,12-15,18-19H2,1H3. The topological polar surface area (TPSA) is 102 Å². The predicted molar refractivity (Wildman–Crippen MR) is 132 cm³/mol. The Morgan fingerprint density at radius 2 is 1.11 bits per heavy atom. The van der Waals surface area contributed by atoms with Gasteiger partial charge in [0, 0.05) is 12.1 Å². The number of benzene rings is 2. The molecule has 2 atom stereocenters. The van der Waals surface area contributed by atoms with Gasteiger partial charge >= 0.3 is 11.9 Å². The number of nitrogens with zero attached hydrogens (tertiary/aromatic N) is 1. The van der Waals surface area contributed by atoms with E-state index in [2.05, 4.69) is 4.98 Å². The Hall–Kier alpha value is -3.79. The van der Waals surface area contributed by atoms with E-state index in [9.17, 15) is 9.59 Å². The third-order valence-electron chi connectivity index (χ3n) is 5.58. The molecule has 2 unspecified atom stereocenters. The minimum absolute atomic E-state index is 0.0933. The van der Waals surface area contributed by atoms with Crippen molar-refractivity contribution in [2.75, 3.05) is 46.8 Å². The number of aromatic nitrogens is 1. The molecule has 3 aromatic rings. The van der Waals surface area contributed by atoms with E-state index in [0.29, 0.717) is 26.4 Å². The van der Waals surface area contributed by atoms with E-state index in [1.165, 1.54) is 19.2 Å². The van der Waals surface area contributed by atoms with Gasteiger partial charge in [-0.05, 0) is 11.1 Å². The second-order valence-corrected chi connectivity index (χ2v) is 8.15. The number of hydrogen-bond donors (Lipinski definition) is 0. The smallest absolute Gasteiger partial charge is 0.357 e. The maximum atomic E-state index is 13.1. The fraction of sp³-hybridized carbons (Fsp3) is 0.321. The highest BCUT2D eigenvalue weighted by molar-refractivity contribution is 5.92. The molecule has 0 spiro atoms. The Bertz CT molecular complexity index is 1070. The molecule has 9 heteroatoms. The number of rotatable bonds is 3. The summed E-state index contributed by atoms with van der Waals surface area (Å²) in [6.45, 7) is 1.55. The Morgan fingerprint density at radius 1 is 0.676 bits per heavy atom. The summed E-state index contributed by atoms with van der Waals surface area (Å²) in [5.74, 6) is -1.20. The molecule has 0 radical (unpaired) electrons. The number of hydrogen-bond acceptors (Lipinski definition) is 9. The summed E-state index contributed by atoms with van der Waals surface area (Å²) in [5.41, 5.74) is 1.33. The fourth-order valence-electron chi connectivity index (χ4n) is 3.66. The van der Waals surface area contributed by atoms with Crippen LogP contribution in [0.4, 0.5) is 0 Å². The van der Waals surface area contributed by atoms with Crippen LogP contribution in [0.3, 0.4) is 0 Å². The van der Waals surface area contributed by atoms with Gasteiger partial charge in [-0.2, -0.15) is 0 Å². The highest BCUT2D eigenvalue weighted by Gasteiger charge is 2.24. The van der Waals surface area contributed by atoms with Crippen LogP contribution in [0.25, 0.3) is 0 Å². The molecule has 1 aliphatic rings. The van der Waals surface area contributed by atoms with E-state index < -0.39 is 24.1 Å². The average molecular weight is 508 g/mol. The van der Waals surface area contributed by atoms with Crippen LogP contribution in [0.1, 0.15) is 44.3 Å². The molecule has 0 aliphatic carbocycles. The molecule has 0 saturated carbocycles. The molecule has 1 aromatic heterocycles. The summed E-state index contributed by atoms with van der Waals surface area (Å²) < 4.78 is 33.8. The molecule has 0 saturated heterocycles. The van der Waals surface area contributed by atoms with Crippen LogP contribution in [0.2, 0.25) is 0 Å². The molecular weight excluding hydrogens is 478 g/mol. The Balaban J connectivity index is 1.63. The SMILES string of the molecule is COc1cc2nc(c1)C(=O)OC(c1ccccc1)COCCOCCOCC(c1ccccc1)OC2=O. The molecule has 2 heterocycles. The molecule has 0 fully saturated rings. The van der Waals surface area contributed by atoms with Crippen LogP contribution in [0.5, 0.6) is 5.75 Å². The molecule has 0 N–H and O–H groups in total. The monoisotopic (exact) mass is 507 g/mol. The van der Waals surface area contributed by atoms with Crippen molar-refractivity contribution < 1.29 is 38.0 Å². The molecule has 1 aliphatic heterocycles. The molecule has 0 amide bonds. The van der Waals surface area contributed by atoms with Gasteiger partial charge in [0.2, 0.25) is 0 Å². The number of carbonyl (C=O) groups is 2. The lowest BCUT2D eigenvalue weighted by Gasteiger charge is -2.20. The lowest BCUT2D eigenvalue weighted by atomic mass is 10.1. The number of fused-ring (bicyclic) bond motifs is 2. The van der Waals surface area contributed by atoms with E-state index in [1.54, 1.807) is 0 Å². The number of ether oxygens (including phenoxy) is 6. The van der Waals surface area contributed by atoms with Gasteiger partial charge in [0.1, 0.15) is 5.75 Å². The van der Waals surface area contributed by atoms with Gasteiger partial charge in [-0.25, -0.2) is 14.6 Å². The summed E-state index contributed by atoms with van der Waals surface area (Å²) in [7, 11) is 1.43. The highest BCUT2D eigenvalue weighted by Crippen LogP contribution is 2.24. The highest BCUT2D eigenvalue weighted by atomic mass is 16.6. The largest absolute Gasteiger partial charge is 0.497 e. The van der Waals surface area contributed by atoms with Crippen LogP contribution in [-0.4, -0.2) is 63.7 Å². The maximum absolute atomic E-state index is 13.1. The Morgan fingerprint density at radius 3 is 1.54 bits per heavy atom. The lowest BCUT2D eigenvalue weighted by Crippen LogP contribution is -2.22. The van der Waals surface area contributed by atoms with Crippen LogP contribution in [0, 0.1) is 0 Å². The van der Waals surface area contributed by atoms with Gasteiger partial charge in [0.05, 0.1) is 46.8 Å². The molecule has 37 heavy (non-hydrogen) atoms. The van der Waals surface area contributed by atoms with Crippen LogP contribution in [-0.2, 0) is 23.7 Å². The van der Waals surface area contributed by atoms with Gasteiger partial charge in [0.15, 0.2) is 23.6 Å². The summed E-state index contributed by atoms with van der Waals surface area (Å²) in [5, 5.41) is 0. The average Bonchev–Trinajstić information content (AvgIpc) is 2.95. The van der Waals surface area contributed by atoms with Crippen molar-refractivity contribution in [3.63, 3.8) is 0 Å². The zero-order valence-corrected chi connectivity index (χ0v) is 20.5. The first kappa shape index (κ1) is 26.3. The van der Waals surface area contributed by atoms with Crippen molar-refractivity contribution >= 4 is 11.9 Å². The molecule has 2 aromatic carbocycles. The maximum Gasteiger partial charge on any atom is 0.357 e. The summed E-state index contributed by atoms with van der Waals surface area (Å²) in [4.78, 5) is 30.5. The third kappa shape index (κ3) is 7.60. The Labute approximate surface area is 215 Å². The third-order valence-corrected chi connectivity index (χ3v) is 5.58. The second kappa shape index (κ2) is 13.5. The second-order valence-electron chi connectivity index (χ2n) is 8.15. The van der Waals surface area contributed by atoms with Gasteiger partial charge in [-0.3, -0.25) is 0 Å². The number of pyridine rings is 1. The summed E-state index contributed by atoms with van der Waals surface area (Å²) in [6.07, 6.45) is -1.39. The summed E-state index contributed by atoms with van der Waals surface area (Å²) >= 11 is 0. The van der Waals surface area contributed by atoms with Crippen molar-refractivity contribution in [1.82, 2.24) is 4.98 Å². The van der Waals surface area contributed by atoms with E-state index in [4.69, 9.17) is 28.4 Å². The minimum atomic E-state index is -0.731. The zero-order valence-electron chi connectivity index (χ0n) is 20.5. The van der Waals surface area contributed by atoms with Gasteiger partial charge in [-0.1, -0.05) is 60.7 Å². The Kier molecular flexibility index (Phi) is 9.59. The van der Waals surface area contributed by atoms with Crippen molar-refractivity contribution in [3.05, 3.63) is 95.3 Å². The number of cyclic esters (lactones) is 2. The van der Waals surface area contributed by atoms with Crippen LogP contribution < -0.4 is 4.74 Å². The van der Waals surface area contributed by atoms with Crippen molar-refractivity contribution in [2.24, 2.45) is 0 Å². The predicted octanol–water partition coefficient (Wildman–Crippen LogP) is 3.95. The normalized spacial score (nSPS) is 20.1. The van der Waals surface area contributed by atoms with E-state index in [0.717, 1.165) is 11.1 Å². The first-order valence-electron chi connectivity index (χ1n) is 11.9. The van der Waals surface area contributed by atoms with E-state index >= 15 is 0 Å². The summed E-state index contributed by atoms with van der Waals surface area (Å²) in [6, 6.07) is 21.3. The molecule has 194 valence electrons. The van der Waals surface area contributed by atoms with Gasteiger partial charge in [0.25, 0.3) is 0 Å². The van der Waals surface area contributed by atoms with Crippen molar-refractivity contribution in [2.45, 2.75) is 12.2 Å². The van der Waals surface area contributed by atoms with Gasteiger partial charge < -0.3 is 28.4 Å². The quantitative estimate of drug-likeness (QED) is 0.488. The first-order chi connectivity index (χ1) is 18.1. The van der Waals surface area contributed by atoms with E-state index in [1.807, 2.05) is 60.7 Å². The number of esters is 2. The molecule has 2 bridgehead atoms. The van der Waals surface area contributed by atoms with Crippen molar-refractivity contribution in [3.8, 4) is 5.75 Å². The number of methoxy groups -OCH3 is 1. The van der Waals surface area contributed by atoms with Gasteiger partial charge in [-0.15, -0.1) is 0 Å². The first-order valence-corrected chi connectivity index (χ1v) is 11.9. The van der Waals surface area contributed by atoms with Crippen LogP contribution >= 0.6 is 0 Å². The molecule has 9 nitrogen and oxygen atoms in total. The zero-order chi connectivity index (χ0) is 25.9. The number of carbonyl (C=O) groups excluding carboxylic acids is 2. The van der Waals surface area contributed by atoms with Crippen molar-refractivity contribution in [1.29, 1.82) is 0 Å². The van der Waals surface area contributed by atoms with Crippen LogP contribution in [0.15, 0.2) is 72.8 Å². The lowest BCUT2D eigenvalue weighted by molar-refractivity contribution is -0.0360. The fourth-order valence-corrected chi connectivity index (χ4v) is 3.66. The minimum Gasteiger partial charge on any atom is -0.497 e. The van der Waals surface area contributed by atoms with E-state index in [-0.39, 0.29) is 30.4 Å². The molecular formula is C28H29NO8.